The van der Waals surface area contributed by atoms with Gasteiger partial charge >= 0.3 is 0 Å². The first-order chi connectivity index (χ1) is 9.58. The summed E-state index contributed by atoms with van der Waals surface area (Å²) in [5.41, 5.74) is 8.68. The highest BCUT2D eigenvalue weighted by molar-refractivity contribution is 5.71. The highest BCUT2D eigenvalue weighted by Crippen LogP contribution is 2.29. The highest BCUT2D eigenvalue weighted by Gasteiger charge is 2.17. The van der Waals surface area contributed by atoms with Gasteiger partial charge in [0, 0.05) is 18.0 Å². The molecule has 4 heteroatoms. The van der Waals surface area contributed by atoms with Gasteiger partial charge < -0.3 is 10.3 Å². The van der Waals surface area contributed by atoms with Gasteiger partial charge in [-0.05, 0) is 18.6 Å². The molecule has 4 nitrogen and oxygen atoms in total. The molecule has 0 saturated heterocycles. The molecule has 0 radical (unpaired) electrons. The summed E-state index contributed by atoms with van der Waals surface area (Å²) >= 11 is 0. The van der Waals surface area contributed by atoms with Gasteiger partial charge in [-0.3, -0.25) is 0 Å². The van der Waals surface area contributed by atoms with E-state index in [4.69, 9.17) is 16.0 Å². The summed E-state index contributed by atoms with van der Waals surface area (Å²) in [5.74, 6) is 2.06. The van der Waals surface area contributed by atoms with E-state index in [1.165, 1.54) is 0 Å². The number of nitriles is 1. The largest absolute Gasteiger partial charge is 0.383 e. The normalized spacial score (nSPS) is 10.8. The number of aromatic nitrogens is 2. The first-order valence-electron chi connectivity index (χ1n) is 6.94. The predicted octanol–water partition coefficient (Wildman–Crippen LogP) is 3.54. The number of hydrogen-bond donors (Lipinski definition) is 1. The Kier molecular flexibility index (Phi) is 4.09. The number of nitrogens with two attached hydrogens (primary N) is 1. The smallest absolute Gasteiger partial charge is 0.131 e. The molecule has 0 spiro atoms. The minimum Gasteiger partial charge on any atom is -0.383 e. The minimum atomic E-state index is 0.330. The Morgan fingerprint density at radius 2 is 1.95 bits per heavy atom. The fraction of sp³-hybridized carbons (Fsp3) is 0.375. The van der Waals surface area contributed by atoms with Crippen molar-refractivity contribution in [3.63, 3.8) is 0 Å². The van der Waals surface area contributed by atoms with Crippen molar-refractivity contribution >= 4 is 5.82 Å². The van der Waals surface area contributed by atoms with Gasteiger partial charge in [-0.1, -0.05) is 32.9 Å². The topological polar surface area (TPSA) is 67.6 Å². The van der Waals surface area contributed by atoms with Gasteiger partial charge in [0.15, 0.2) is 0 Å². The first-order valence-corrected chi connectivity index (χ1v) is 6.94. The van der Waals surface area contributed by atoms with Crippen LogP contribution in [-0.2, 0) is 6.54 Å². The number of imidazole rings is 1. The summed E-state index contributed by atoms with van der Waals surface area (Å²) in [6.07, 6.45) is 1.02. The van der Waals surface area contributed by atoms with Crippen molar-refractivity contribution in [3.8, 4) is 17.3 Å². The number of hydrogen-bond acceptors (Lipinski definition) is 3. The Morgan fingerprint density at radius 3 is 2.45 bits per heavy atom. The number of nitrogen functional groups attached to an aromatic ring is 1. The zero-order valence-corrected chi connectivity index (χ0v) is 12.2. The van der Waals surface area contributed by atoms with Gasteiger partial charge in [0.05, 0.1) is 11.6 Å². The molecular weight excluding hydrogens is 248 g/mol. The molecule has 0 fully saturated rings. The average molecular weight is 268 g/mol. The van der Waals surface area contributed by atoms with Crippen LogP contribution in [0.1, 0.15) is 44.5 Å². The van der Waals surface area contributed by atoms with Crippen molar-refractivity contribution in [2.24, 2.45) is 0 Å². The van der Waals surface area contributed by atoms with E-state index in [0.717, 1.165) is 30.0 Å². The molecule has 0 aliphatic carbocycles. The third-order valence-corrected chi connectivity index (χ3v) is 3.29. The highest BCUT2D eigenvalue weighted by atomic mass is 15.1. The van der Waals surface area contributed by atoms with Crippen LogP contribution in [0.15, 0.2) is 24.3 Å². The van der Waals surface area contributed by atoms with Gasteiger partial charge in [0.1, 0.15) is 17.3 Å². The van der Waals surface area contributed by atoms with Crippen LogP contribution < -0.4 is 5.73 Å². The lowest BCUT2D eigenvalue weighted by atomic mass is 10.1. The van der Waals surface area contributed by atoms with E-state index in [2.05, 4.69) is 31.4 Å². The van der Waals surface area contributed by atoms with Crippen molar-refractivity contribution in [2.75, 3.05) is 5.73 Å². The van der Waals surface area contributed by atoms with Crippen LogP contribution >= 0.6 is 0 Å². The molecule has 0 atom stereocenters. The van der Waals surface area contributed by atoms with Crippen molar-refractivity contribution in [1.82, 2.24) is 9.55 Å². The van der Waals surface area contributed by atoms with Crippen molar-refractivity contribution in [3.05, 3.63) is 35.7 Å². The number of nitrogens with zero attached hydrogens (tertiary/aromatic N) is 3. The van der Waals surface area contributed by atoms with Crippen LogP contribution in [0.4, 0.5) is 5.82 Å². The second-order valence-corrected chi connectivity index (χ2v) is 5.20. The van der Waals surface area contributed by atoms with Crippen LogP contribution in [0.5, 0.6) is 0 Å². The van der Waals surface area contributed by atoms with Crippen LogP contribution in [0.3, 0.4) is 0 Å². The van der Waals surface area contributed by atoms with Gasteiger partial charge in [0.25, 0.3) is 0 Å². The van der Waals surface area contributed by atoms with Gasteiger partial charge in [-0.15, -0.1) is 0 Å². The second kappa shape index (κ2) is 5.79. The van der Waals surface area contributed by atoms with Gasteiger partial charge in [0.2, 0.25) is 0 Å². The third kappa shape index (κ3) is 2.53. The summed E-state index contributed by atoms with van der Waals surface area (Å²) in [6, 6.07) is 9.51. The fourth-order valence-electron chi connectivity index (χ4n) is 2.30. The molecule has 20 heavy (non-hydrogen) atoms. The molecule has 0 saturated carbocycles. The SMILES string of the molecule is CCCn1c(C(C)C)nc(-c2ccc(C#N)cc2)c1N. The Bertz CT molecular complexity index is 630. The lowest BCUT2D eigenvalue weighted by Crippen LogP contribution is -2.08. The van der Waals surface area contributed by atoms with E-state index in [0.29, 0.717) is 17.3 Å². The summed E-state index contributed by atoms with van der Waals surface area (Å²) in [6.45, 7) is 7.25. The monoisotopic (exact) mass is 268 g/mol. The van der Waals surface area contributed by atoms with E-state index < -0.39 is 0 Å². The quantitative estimate of drug-likeness (QED) is 0.922. The Hall–Kier alpha value is -2.28. The molecule has 0 aliphatic heterocycles. The van der Waals surface area contributed by atoms with Crippen molar-refractivity contribution < 1.29 is 0 Å². The summed E-state index contributed by atoms with van der Waals surface area (Å²) < 4.78 is 2.10. The van der Waals surface area contributed by atoms with E-state index >= 15 is 0 Å². The first kappa shape index (κ1) is 14.1. The third-order valence-electron chi connectivity index (χ3n) is 3.29. The van der Waals surface area contributed by atoms with E-state index in [1.54, 1.807) is 12.1 Å². The average Bonchev–Trinajstić information content (AvgIpc) is 2.77. The van der Waals surface area contributed by atoms with Crippen molar-refractivity contribution in [1.29, 1.82) is 5.26 Å². The standard InChI is InChI=1S/C16H20N4/c1-4-9-20-15(18)14(19-16(20)11(2)3)13-7-5-12(10-17)6-8-13/h5-8,11H,4,9,18H2,1-3H3. The molecule has 0 amide bonds. The molecule has 1 aromatic heterocycles. The molecule has 104 valence electrons. The van der Waals surface area contributed by atoms with Crippen LogP contribution in [-0.4, -0.2) is 9.55 Å². The number of benzene rings is 1. The number of rotatable bonds is 4. The lowest BCUT2D eigenvalue weighted by Gasteiger charge is -2.10. The molecule has 0 aliphatic rings. The Morgan fingerprint density at radius 1 is 1.30 bits per heavy atom. The molecule has 1 aromatic carbocycles. The molecule has 0 bridgehead atoms. The van der Waals surface area contributed by atoms with Crippen LogP contribution in [0.2, 0.25) is 0 Å². The second-order valence-electron chi connectivity index (χ2n) is 5.20. The van der Waals surface area contributed by atoms with Gasteiger partial charge in [-0.25, -0.2) is 4.98 Å². The van der Waals surface area contributed by atoms with Gasteiger partial charge in [-0.2, -0.15) is 5.26 Å². The molecule has 0 unspecified atom stereocenters. The van der Waals surface area contributed by atoms with E-state index in [1.807, 2.05) is 12.1 Å². The molecule has 2 aromatic rings. The molecule has 2 N–H and O–H groups in total. The Labute approximate surface area is 119 Å². The molecule has 2 rings (SSSR count). The van der Waals surface area contributed by atoms with Crippen LogP contribution in [0.25, 0.3) is 11.3 Å². The predicted molar refractivity (Wildman–Crippen MR) is 81.2 cm³/mol. The fourth-order valence-corrected chi connectivity index (χ4v) is 2.30. The van der Waals surface area contributed by atoms with E-state index in [9.17, 15) is 0 Å². The summed E-state index contributed by atoms with van der Waals surface area (Å²) in [5, 5.41) is 8.85. The molecular formula is C16H20N4. The Balaban J connectivity index is 2.51. The summed E-state index contributed by atoms with van der Waals surface area (Å²) in [4.78, 5) is 4.71. The minimum absolute atomic E-state index is 0.330. The van der Waals surface area contributed by atoms with Crippen molar-refractivity contribution in [2.45, 2.75) is 39.7 Å². The lowest BCUT2D eigenvalue weighted by molar-refractivity contribution is 0.616. The maximum absolute atomic E-state index is 8.85. The maximum atomic E-state index is 8.85. The van der Waals surface area contributed by atoms with E-state index in [-0.39, 0.29) is 0 Å². The van der Waals surface area contributed by atoms with Crippen LogP contribution in [0, 0.1) is 11.3 Å². The number of anilines is 1. The zero-order valence-electron chi connectivity index (χ0n) is 12.2. The summed E-state index contributed by atoms with van der Waals surface area (Å²) in [7, 11) is 0. The maximum Gasteiger partial charge on any atom is 0.131 e. The zero-order chi connectivity index (χ0) is 14.7. The molecule has 1 heterocycles.